The Morgan fingerprint density at radius 1 is 0.951 bits per heavy atom. The van der Waals surface area contributed by atoms with E-state index < -0.39 is 11.8 Å². The number of rotatable bonds is 7. The molecule has 3 aliphatic heterocycles. The van der Waals surface area contributed by atoms with E-state index in [2.05, 4.69) is 22.3 Å². The number of morpholine rings is 1. The predicted molar refractivity (Wildman–Crippen MR) is 153 cm³/mol. The normalized spacial score (nSPS) is 21.9. The first kappa shape index (κ1) is 27.3. The molecule has 0 aromatic heterocycles. The standard InChI is InChI=1S/C31H30ClN3O6/c1-39-22-9-7-18(8-10-22)15-34-20-11-19(12-21(34)17-41-16-20)33-29(36)25-13-26(32)27(14-28(25)40-2)35-30(37)23-5-3-4-6-24(23)31(35)38/h3-10,13-14,19-21H,11-12,15-17H2,1-2H3,(H,33,36)/t19?,20-,21+. The van der Waals surface area contributed by atoms with E-state index in [9.17, 15) is 14.4 Å². The maximum absolute atomic E-state index is 13.5. The third kappa shape index (κ3) is 5.05. The minimum absolute atomic E-state index is 0.0621. The highest BCUT2D eigenvalue weighted by Gasteiger charge is 2.40. The second-order valence-electron chi connectivity index (χ2n) is 10.5. The highest BCUT2D eigenvalue weighted by Crippen LogP contribution is 2.38. The molecule has 2 saturated heterocycles. The van der Waals surface area contributed by atoms with Gasteiger partial charge in [0.2, 0.25) is 0 Å². The maximum Gasteiger partial charge on any atom is 0.266 e. The second-order valence-corrected chi connectivity index (χ2v) is 10.9. The van der Waals surface area contributed by atoms with E-state index in [0.29, 0.717) is 24.3 Å². The lowest BCUT2D eigenvalue weighted by Gasteiger charge is -2.48. The number of hydrogen-bond acceptors (Lipinski definition) is 7. The first-order valence-electron chi connectivity index (χ1n) is 13.5. The van der Waals surface area contributed by atoms with Gasteiger partial charge in [-0.1, -0.05) is 35.9 Å². The van der Waals surface area contributed by atoms with Crippen LogP contribution < -0.4 is 19.7 Å². The van der Waals surface area contributed by atoms with Crippen molar-refractivity contribution in [1.82, 2.24) is 10.2 Å². The monoisotopic (exact) mass is 575 g/mol. The Bertz CT molecular complexity index is 1460. The average Bonchev–Trinajstić information content (AvgIpc) is 3.23. The quantitative estimate of drug-likeness (QED) is 0.419. The molecular formula is C31H30ClN3O6. The second kappa shape index (κ2) is 11.2. The fourth-order valence-electron chi connectivity index (χ4n) is 6.04. The van der Waals surface area contributed by atoms with Crippen molar-refractivity contribution in [2.45, 2.75) is 37.5 Å². The largest absolute Gasteiger partial charge is 0.497 e. The van der Waals surface area contributed by atoms with Crippen LogP contribution >= 0.6 is 11.6 Å². The van der Waals surface area contributed by atoms with Crippen LogP contribution in [0.1, 0.15) is 49.5 Å². The lowest BCUT2D eigenvalue weighted by atomic mass is 9.89. The molecule has 2 bridgehead atoms. The van der Waals surface area contributed by atoms with Gasteiger partial charge in [0.1, 0.15) is 11.5 Å². The van der Waals surface area contributed by atoms with Crippen LogP contribution in [0.3, 0.4) is 0 Å². The van der Waals surface area contributed by atoms with Gasteiger partial charge < -0.3 is 19.5 Å². The number of nitrogens with one attached hydrogen (secondary N) is 1. The van der Waals surface area contributed by atoms with Gasteiger partial charge in [-0.05, 0) is 48.7 Å². The number of ether oxygens (including phenoxy) is 3. The molecule has 2 fully saturated rings. The lowest BCUT2D eigenvalue weighted by Crippen LogP contribution is -2.60. The molecule has 0 radical (unpaired) electrons. The number of methoxy groups -OCH3 is 2. The molecule has 0 saturated carbocycles. The highest BCUT2D eigenvalue weighted by molar-refractivity contribution is 6.40. The Balaban J connectivity index is 1.17. The summed E-state index contributed by atoms with van der Waals surface area (Å²) in [5, 5.41) is 3.26. The molecule has 1 N–H and O–H groups in total. The molecular weight excluding hydrogens is 546 g/mol. The average molecular weight is 576 g/mol. The van der Waals surface area contributed by atoms with Gasteiger partial charge in [0, 0.05) is 30.7 Å². The zero-order valence-electron chi connectivity index (χ0n) is 22.8. The Morgan fingerprint density at radius 3 is 2.17 bits per heavy atom. The summed E-state index contributed by atoms with van der Waals surface area (Å²) in [6.45, 7) is 2.00. The Kier molecular flexibility index (Phi) is 7.42. The van der Waals surface area contributed by atoms with Crippen LogP contribution in [0.15, 0.2) is 60.7 Å². The van der Waals surface area contributed by atoms with Crippen LogP contribution in [0, 0.1) is 0 Å². The third-order valence-electron chi connectivity index (χ3n) is 8.08. The van der Waals surface area contributed by atoms with Gasteiger partial charge in [0.25, 0.3) is 17.7 Å². The number of benzene rings is 3. The van der Waals surface area contributed by atoms with Crippen molar-refractivity contribution in [2.24, 2.45) is 0 Å². The van der Waals surface area contributed by atoms with Gasteiger partial charge in [-0.15, -0.1) is 0 Å². The van der Waals surface area contributed by atoms with Crippen molar-refractivity contribution in [3.05, 3.63) is 87.9 Å². The number of halogens is 1. The van der Waals surface area contributed by atoms with Gasteiger partial charge in [-0.2, -0.15) is 0 Å². The van der Waals surface area contributed by atoms with Crippen molar-refractivity contribution in [3.63, 3.8) is 0 Å². The summed E-state index contributed by atoms with van der Waals surface area (Å²) in [4.78, 5) is 43.0. The summed E-state index contributed by atoms with van der Waals surface area (Å²) in [7, 11) is 3.09. The van der Waals surface area contributed by atoms with Crippen LogP contribution in [0.25, 0.3) is 0 Å². The van der Waals surface area contributed by atoms with E-state index in [4.69, 9.17) is 25.8 Å². The van der Waals surface area contributed by atoms with Crippen molar-refractivity contribution in [3.8, 4) is 11.5 Å². The number of nitrogens with zero attached hydrogens (tertiary/aromatic N) is 2. The number of imide groups is 1. The molecule has 3 heterocycles. The topological polar surface area (TPSA) is 97.4 Å². The van der Waals surface area contributed by atoms with E-state index in [1.165, 1.54) is 24.8 Å². The third-order valence-corrected chi connectivity index (χ3v) is 8.38. The number of carbonyl (C=O) groups excluding carboxylic acids is 3. The van der Waals surface area contributed by atoms with Crippen molar-refractivity contribution in [2.75, 3.05) is 32.3 Å². The van der Waals surface area contributed by atoms with Crippen LogP contribution in [-0.2, 0) is 11.3 Å². The number of carbonyl (C=O) groups is 3. The van der Waals surface area contributed by atoms with E-state index in [1.807, 2.05) is 12.1 Å². The van der Waals surface area contributed by atoms with Crippen LogP contribution in [0.5, 0.6) is 11.5 Å². The van der Waals surface area contributed by atoms with Gasteiger partial charge in [0.15, 0.2) is 0 Å². The summed E-state index contributed by atoms with van der Waals surface area (Å²) in [5.74, 6) is -0.223. The Morgan fingerprint density at radius 2 is 1.59 bits per heavy atom. The molecule has 6 rings (SSSR count). The Labute approximate surface area is 242 Å². The van der Waals surface area contributed by atoms with E-state index in [0.717, 1.165) is 30.0 Å². The van der Waals surface area contributed by atoms with Gasteiger partial charge >= 0.3 is 0 Å². The number of hydrogen-bond donors (Lipinski definition) is 1. The molecule has 3 aliphatic rings. The lowest BCUT2D eigenvalue weighted by molar-refractivity contribution is -0.0843. The molecule has 0 aliphatic carbocycles. The van der Waals surface area contributed by atoms with Crippen LogP contribution in [0.2, 0.25) is 5.02 Å². The zero-order chi connectivity index (χ0) is 28.7. The molecule has 3 aromatic carbocycles. The zero-order valence-corrected chi connectivity index (χ0v) is 23.5. The molecule has 3 atom stereocenters. The SMILES string of the molecule is COc1ccc(CN2[C@@H]3COC[C@H]2CC(NC(=O)c2cc(Cl)c(N4C(=O)c5ccccc5C4=O)cc2OC)C3)cc1. The molecule has 0 spiro atoms. The molecule has 3 amide bonds. The van der Waals surface area contributed by atoms with E-state index in [-0.39, 0.29) is 46.1 Å². The summed E-state index contributed by atoms with van der Waals surface area (Å²) < 4.78 is 16.7. The summed E-state index contributed by atoms with van der Waals surface area (Å²) >= 11 is 6.58. The van der Waals surface area contributed by atoms with E-state index >= 15 is 0 Å². The van der Waals surface area contributed by atoms with Gasteiger partial charge in [-0.25, -0.2) is 4.90 Å². The van der Waals surface area contributed by atoms with E-state index in [1.54, 1.807) is 31.4 Å². The summed E-state index contributed by atoms with van der Waals surface area (Å²) in [5.41, 5.74) is 2.22. The number of amides is 3. The van der Waals surface area contributed by atoms with Crippen molar-refractivity contribution in [1.29, 1.82) is 0 Å². The van der Waals surface area contributed by atoms with Crippen molar-refractivity contribution < 1.29 is 28.6 Å². The van der Waals surface area contributed by atoms with Crippen LogP contribution in [-0.4, -0.2) is 68.2 Å². The van der Waals surface area contributed by atoms with Crippen LogP contribution in [0.4, 0.5) is 5.69 Å². The maximum atomic E-state index is 13.5. The highest BCUT2D eigenvalue weighted by atomic mass is 35.5. The molecule has 3 aromatic rings. The first-order valence-corrected chi connectivity index (χ1v) is 13.9. The predicted octanol–water partition coefficient (Wildman–Crippen LogP) is 4.32. The number of anilines is 1. The first-order chi connectivity index (χ1) is 19.9. The molecule has 212 valence electrons. The number of fused-ring (bicyclic) bond motifs is 3. The number of piperidine rings is 1. The van der Waals surface area contributed by atoms with Gasteiger partial charge in [0.05, 0.1) is 54.8 Å². The molecule has 1 unspecified atom stereocenters. The van der Waals surface area contributed by atoms with Crippen molar-refractivity contribution >= 4 is 35.0 Å². The molecule has 9 nitrogen and oxygen atoms in total. The molecule has 41 heavy (non-hydrogen) atoms. The molecule has 10 heteroatoms. The van der Waals surface area contributed by atoms with Gasteiger partial charge in [-0.3, -0.25) is 19.3 Å². The summed E-state index contributed by atoms with van der Waals surface area (Å²) in [6, 6.07) is 17.9. The fraction of sp³-hybridized carbons (Fsp3) is 0.323. The minimum atomic E-state index is -0.470. The fourth-order valence-corrected chi connectivity index (χ4v) is 6.29. The summed E-state index contributed by atoms with van der Waals surface area (Å²) in [6.07, 6.45) is 1.48. The smallest absolute Gasteiger partial charge is 0.266 e. The Hall–Kier alpha value is -3.92. The minimum Gasteiger partial charge on any atom is -0.497 e.